The van der Waals surface area contributed by atoms with E-state index in [1.807, 2.05) is 0 Å². The SMILES string of the molecule is COCC(CO)NS(=O)(=O)c1ccc(C(=O)O)cc1Br. The van der Waals surface area contributed by atoms with Crippen molar-refractivity contribution in [1.82, 2.24) is 4.72 Å². The molecule has 0 aliphatic heterocycles. The Hall–Kier alpha value is -1.00. The van der Waals surface area contributed by atoms with Gasteiger partial charge in [-0.05, 0) is 34.1 Å². The van der Waals surface area contributed by atoms with Crippen LogP contribution >= 0.6 is 15.9 Å². The molecule has 0 aliphatic carbocycles. The molecule has 1 aromatic carbocycles. The molecule has 3 N–H and O–H groups in total. The van der Waals surface area contributed by atoms with E-state index in [9.17, 15) is 13.2 Å². The van der Waals surface area contributed by atoms with E-state index < -0.39 is 28.6 Å². The number of hydrogen-bond donors (Lipinski definition) is 3. The third-order valence-corrected chi connectivity index (χ3v) is 4.88. The predicted molar refractivity (Wildman–Crippen MR) is 74.2 cm³/mol. The number of rotatable bonds is 7. The summed E-state index contributed by atoms with van der Waals surface area (Å²) in [5, 5.41) is 17.9. The molecule has 0 amide bonds. The maximum Gasteiger partial charge on any atom is 0.335 e. The van der Waals surface area contributed by atoms with Crippen LogP contribution in [0.1, 0.15) is 10.4 Å². The van der Waals surface area contributed by atoms with Crippen LogP contribution in [0.4, 0.5) is 0 Å². The van der Waals surface area contributed by atoms with Crippen LogP contribution < -0.4 is 4.72 Å². The molecule has 0 fully saturated rings. The van der Waals surface area contributed by atoms with Gasteiger partial charge in [0.15, 0.2) is 0 Å². The van der Waals surface area contributed by atoms with Crippen molar-refractivity contribution in [2.24, 2.45) is 0 Å². The highest BCUT2D eigenvalue weighted by Gasteiger charge is 2.22. The molecule has 7 nitrogen and oxygen atoms in total. The van der Waals surface area contributed by atoms with Crippen molar-refractivity contribution < 1.29 is 28.2 Å². The molecule has 0 radical (unpaired) electrons. The highest BCUT2D eigenvalue weighted by Crippen LogP contribution is 2.23. The summed E-state index contributed by atoms with van der Waals surface area (Å²) in [5.74, 6) is -1.16. The summed E-state index contributed by atoms with van der Waals surface area (Å²) in [6, 6.07) is 2.78. The van der Waals surface area contributed by atoms with E-state index in [1.165, 1.54) is 25.3 Å². The monoisotopic (exact) mass is 367 g/mol. The summed E-state index contributed by atoms with van der Waals surface area (Å²) in [7, 11) is -2.51. The van der Waals surface area contributed by atoms with Gasteiger partial charge < -0.3 is 14.9 Å². The molecular formula is C11H14BrNO6S. The van der Waals surface area contributed by atoms with Crippen molar-refractivity contribution in [2.75, 3.05) is 20.3 Å². The normalized spacial score (nSPS) is 13.2. The van der Waals surface area contributed by atoms with Crippen molar-refractivity contribution in [3.63, 3.8) is 0 Å². The minimum atomic E-state index is -3.90. The number of carbonyl (C=O) groups is 1. The van der Waals surface area contributed by atoms with Crippen LogP contribution in [0.3, 0.4) is 0 Å². The van der Waals surface area contributed by atoms with Crippen molar-refractivity contribution in [2.45, 2.75) is 10.9 Å². The van der Waals surface area contributed by atoms with Crippen LogP contribution in [-0.4, -0.2) is 51.0 Å². The summed E-state index contributed by atoms with van der Waals surface area (Å²) in [4.78, 5) is 10.7. The third kappa shape index (κ3) is 4.25. The fourth-order valence-electron chi connectivity index (χ4n) is 1.46. The first kappa shape index (κ1) is 17.1. The van der Waals surface area contributed by atoms with Gasteiger partial charge in [-0.15, -0.1) is 0 Å². The fraction of sp³-hybridized carbons (Fsp3) is 0.364. The van der Waals surface area contributed by atoms with Crippen molar-refractivity contribution in [1.29, 1.82) is 0 Å². The number of benzene rings is 1. The maximum atomic E-state index is 12.1. The molecule has 0 spiro atoms. The highest BCUT2D eigenvalue weighted by atomic mass is 79.9. The standard InChI is InChI=1S/C11H14BrNO6S/c1-19-6-8(5-14)13-20(17,18)10-3-2-7(11(15)16)4-9(10)12/h2-4,8,13-14H,5-6H2,1H3,(H,15,16). The van der Waals surface area contributed by atoms with Crippen molar-refractivity contribution in [3.05, 3.63) is 28.2 Å². The van der Waals surface area contributed by atoms with Gasteiger partial charge in [-0.3, -0.25) is 0 Å². The van der Waals surface area contributed by atoms with Gasteiger partial charge >= 0.3 is 5.97 Å². The fourth-order valence-corrected chi connectivity index (χ4v) is 3.75. The number of aliphatic hydroxyl groups excluding tert-OH is 1. The van der Waals surface area contributed by atoms with Gasteiger partial charge in [-0.2, -0.15) is 0 Å². The first-order valence-corrected chi connectivity index (χ1v) is 7.74. The summed E-state index contributed by atoms with van der Waals surface area (Å²) < 4.78 is 31.4. The first-order valence-electron chi connectivity index (χ1n) is 5.46. The second-order valence-corrected chi connectivity index (χ2v) is 6.44. The third-order valence-electron chi connectivity index (χ3n) is 2.38. The molecule has 0 aromatic heterocycles. The Morgan fingerprint density at radius 3 is 2.60 bits per heavy atom. The number of sulfonamides is 1. The predicted octanol–water partition coefficient (Wildman–Crippen LogP) is 0.433. The van der Waals surface area contributed by atoms with E-state index in [2.05, 4.69) is 20.7 Å². The Morgan fingerprint density at radius 2 is 2.15 bits per heavy atom. The number of carboxylic acids is 1. The number of methoxy groups -OCH3 is 1. The van der Waals surface area contributed by atoms with Gasteiger partial charge in [0, 0.05) is 11.6 Å². The van der Waals surface area contributed by atoms with Crippen LogP contribution in [0.15, 0.2) is 27.6 Å². The molecule has 0 aliphatic rings. The summed E-state index contributed by atoms with van der Waals surface area (Å²) in [5.41, 5.74) is -0.0357. The molecule has 112 valence electrons. The molecule has 0 heterocycles. The molecule has 0 saturated heterocycles. The summed E-state index contributed by atoms with van der Waals surface area (Å²) in [6.45, 7) is -0.404. The van der Waals surface area contributed by atoms with E-state index in [4.69, 9.17) is 14.9 Å². The average molecular weight is 368 g/mol. The largest absolute Gasteiger partial charge is 0.478 e. The minimum absolute atomic E-state index is 0.0144. The van der Waals surface area contributed by atoms with E-state index in [0.717, 1.165) is 0 Å². The van der Waals surface area contributed by atoms with E-state index in [1.54, 1.807) is 0 Å². The number of halogens is 1. The quantitative estimate of drug-likeness (QED) is 0.644. The Balaban J connectivity index is 3.06. The molecule has 0 saturated carbocycles. The molecule has 9 heteroatoms. The Kier molecular flexibility index (Phi) is 6.08. The number of ether oxygens (including phenoxy) is 1. The number of carboxylic acid groups (broad SMARTS) is 1. The average Bonchev–Trinajstić information content (AvgIpc) is 2.37. The Morgan fingerprint density at radius 1 is 1.50 bits per heavy atom. The zero-order chi connectivity index (χ0) is 15.3. The summed E-state index contributed by atoms with van der Waals surface area (Å²) >= 11 is 3.03. The lowest BCUT2D eigenvalue weighted by atomic mass is 10.2. The zero-order valence-corrected chi connectivity index (χ0v) is 12.9. The summed E-state index contributed by atoms with van der Waals surface area (Å²) in [6.07, 6.45) is 0. The zero-order valence-electron chi connectivity index (χ0n) is 10.5. The van der Waals surface area contributed by atoms with Gasteiger partial charge in [-0.1, -0.05) is 0 Å². The molecule has 1 atom stereocenters. The molecule has 20 heavy (non-hydrogen) atoms. The number of aliphatic hydroxyl groups is 1. The van der Waals surface area contributed by atoms with Crippen molar-refractivity contribution in [3.8, 4) is 0 Å². The van der Waals surface area contributed by atoms with Crippen LogP contribution in [0, 0.1) is 0 Å². The van der Waals surface area contributed by atoms with Gasteiger partial charge in [0.1, 0.15) is 0 Å². The lowest BCUT2D eigenvalue weighted by Gasteiger charge is -2.16. The van der Waals surface area contributed by atoms with Crippen LogP contribution in [-0.2, 0) is 14.8 Å². The lowest BCUT2D eigenvalue weighted by molar-refractivity contribution is 0.0696. The Labute approximate surface area is 124 Å². The lowest BCUT2D eigenvalue weighted by Crippen LogP contribution is -2.40. The van der Waals surface area contributed by atoms with Crippen LogP contribution in [0.25, 0.3) is 0 Å². The molecule has 1 aromatic rings. The van der Waals surface area contributed by atoms with Gasteiger partial charge in [0.05, 0.1) is 29.7 Å². The smallest absolute Gasteiger partial charge is 0.335 e. The second kappa shape index (κ2) is 7.14. The second-order valence-electron chi connectivity index (χ2n) is 3.91. The van der Waals surface area contributed by atoms with E-state index >= 15 is 0 Å². The molecular weight excluding hydrogens is 354 g/mol. The van der Waals surface area contributed by atoms with Gasteiger partial charge in [0.2, 0.25) is 10.0 Å². The molecule has 1 rings (SSSR count). The highest BCUT2D eigenvalue weighted by molar-refractivity contribution is 9.10. The number of aromatic carboxylic acids is 1. The molecule has 1 unspecified atom stereocenters. The Bertz CT molecular complexity index is 589. The van der Waals surface area contributed by atoms with E-state index in [-0.39, 0.29) is 21.5 Å². The van der Waals surface area contributed by atoms with Crippen LogP contribution in [0.5, 0.6) is 0 Å². The number of hydrogen-bond acceptors (Lipinski definition) is 5. The number of nitrogens with one attached hydrogen (secondary N) is 1. The maximum absolute atomic E-state index is 12.1. The molecule has 0 bridgehead atoms. The van der Waals surface area contributed by atoms with Gasteiger partial charge in [-0.25, -0.2) is 17.9 Å². The topological polar surface area (TPSA) is 113 Å². The first-order chi connectivity index (χ1) is 9.31. The van der Waals surface area contributed by atoms with Crippen LogP contribution in [0.2, 0.25) is 0 Å². The van der Waals surface area contributed by atoms with E-state index in [0.29, 0.717) is 0 Å². The minimum Gasteiger partial charge on any atom is -0.478 e. The van der Waals surface area contributed by atoms with Gasteiger partial charge in [0.25, 0.3) is 0 Å². The van der Waals surface area contributed by atoms with Crippen molar-refractivity contribution >= 4 is 31.9 Å².